The third-order valence-electron chi connectivity index (χ3n) is 6.56. The van der Waals surface area contributed by atoms with E-state index in [-0.39, 0.29) is 37.5 Å². The van der Waals surface area contributed by atoms with Crippen LogP contribution in [0.3, 0.4) is 0 Å². The Balaban J connectivity index is 1.35. The van der Waals surface area contributed by atoms with Gasteiger partial charge in [0.2, 0.25) is 0 Å². The summed E-state index contributed by atoms with van der Waals surface area (Å²) in [5.41, 5.74) is 1.02. The number of para-hydroxylation sites is 1. The lowest BCUT2D eigenvalue weighted by Gasteiger charge is -2.43. The average Bonchev–Trinajstić information content (AvgIpc) is 3.24. The lowest BCUT2D eigenvalue weighted by atomic mass is 10.1. The molecule has 3 atom stereocenters. The number of rotatable bonds is 6. The third kappa shape index (κ3) is 3.92. The molecule has 9 heteroatoms. The monoisotopic (exact) mass is 451 g/mol. The molecule has 3 fully saturated rings. The molecule has 2 N–H and O–H groups in total. The van der Waals surface area contributed by atoms with Crippen molar-refractivity contribution in [2.75, 3.05) is 38.2 Å². The van der Waals surface area contributed by atoms with Gasteiger partial charge in [0, 0.05) is 39.0 Å². The SMILES string of the molecule is CN1C(=O)N(CCCO)C(=O)C2C1NC1N(c3ccc(Oc4ccccc4)cc3)CCCN21. The molecule has 3 unspecified atom stereocenters. The molecule has 3 amide bonds. The van der Waals surface area contributed by atoms with E-state index < -0.39 is 6.04 Å². The van der Waals surface area contributed by atoms with Crippen LogP contribution in [-0.2, 0) is 4.79 Å². The number of ether oxygens (including phenoxy) is 1. The van der Waals surface area contributed by atoms with Crippen LogP contribution in [0.1, 0.15) is 12.8 Å². The topological polar surface area (TPSA) is 88.6 Å². The van der Waals surface area contributed by atoms with Gasteiger partial charge in [0.25, 0.3) is 5.91 Å². The van der Waals surface area contributed by atoms with Crippen LogP contribution in [0.15, 0.2) is 54.6 Å². The fourth-order valence-electron chi connectivity index (χ4n) is 4.95. The molecule has 0 spiro atoms. The van der Waals surface area contributed by atoms with E-state index in [4.69, 9.17) is 4.74 Å². The number of amides is 3. The number of nitrogens with zero attached hydrogens (tertiary/aromatic N) is 4. The molecule has 0 bridgehead atoms. The molecular formula is C24H29N5O4. The lowest BCUT2D eigenvalue weighted by molar-refractivity contribution is -0.138. The Morgan fingerprint density at radius 3 is 2.48 bits per heavy atom. The van der Waals surface area contributed by atoms with E-state index in [0.717, 1.165) is 36.7 Å². The van der Waals surface area contributed by atoms with Crippen molar-refractivity contribution in [3.63, 3.8) is 0 Å². The van der Waals surface area contributed by atoms with E-state index in [0.29, 0.717) is 6.42 Å². The number of hydrogen-bond acceptors (Lipinski definition) is 7. The number of nitrogens with one attached hydrogen (secondary N) is 1. The van der Waals surface area contributed by atoms with Gasteiger partial charge < -0.3 is 19.6 Å². The van der Waals surface area contributed by atoms with Gasteiger partial charge in [-0.3, -0.25) is 19.9 Å². The van der Waals surface area contributed by atoms with Gasteiger partial charge in [-0.1, -0.05) is 18.2 Å². The van der Waals surface area contributed by atoms with Crippen LogP contribution in [0.25, 0.3) is 0 Å². The molecule has 2 aromatic rings. The van der Waals surface area contributed by atoms with Crippen molar-refractivity contribution in [2.24, 2.45) is 0 Å². The van der Waals surface area contributed by atoms with E-state index in [1.807, 2.05) is 54.6 Å². The molecule has 5 rings (SSSR count). The molecule has 0 saturated carbocycles. The Hall–Kier alpha value is -3.14. The van der Waals surface area contributed by atoms with Crippen molar-refractivity contribution < 1.29 is 19.4 Å². The second-order valence-corrected chi connectivity index (χ2v) is 8.58. The summed E-state index contributed by atoms with van der Waals surface area (Å²) >= 11 is 0. The summed E-state index contributed by atoms with van der Waals surface area (Å²) in [4.78, 5) is 33.3. The van der Waals surface area contributed by atoms with Crippen LogP contribution in [0.5, 0.6) is 11.5 Å². The predicted molar refractivity (Wildman–Crippen MR) is 123 cm³/mol. The zero-order valence-electron chi connectivity index (χ0n) is 18.6. The van der Waals surface area contributed by atoms with Gasteiger partial charge in [-0.25, -0.2) is 4.79 Å². The van der Waals surface area contributed by atoms with Crippen molar-refractivity contribution in [2.45, 2.75) is 31.3 Å². The highest BCUT2D eigenvalue weighted by atomic mass is 16.5. The molecule has 0 radical (unpaired) electrons. The van der Waals surface area contributed by atoms with E-state index in [9.17, 15) is 14.7 Å². The quantitative estimate of drug-likeness (QED) is 0.693. The van der Waals surface area contributed by atoms with E-state index in [1.165, 1.54) is 4.90 Å². The summed E-state index contributed by atoms with van der Waals surface area (Å²) < 4.78 is 5.91. The zero-order valence-corrected chi connectivity index (χ0v) is 18.6. The number of aliphatic hydroxyl groups is 1. The van der Waals surface area contributed by atoms with Gasteiger partial charge in [0.15, 0.2) is 0 Å². The van der Waals surface area contributed by atoms with Crippen molar-refractivity contribution in [3.05, 3.63) is 54.6 Å². The minimum absolute atomic E-state index is 0.0583. The van der Waals surface area contributed by atoms with Crippen molar-refractivity contribution in [1.29, 1.82) is 0 Å². The number of urea groups is 1. The van der Waals surface area contributed by atoms with Gasteiger partial charge >= 0.3 is 6.03 Å². The Bertz CT molecular complexity index is 1000. The minimum Gasteiger partial charge on any atom is -0.457 e. The molecular weight excluding hydrogens is 422 g/mol. The smallest absolute Gasteiger partial charge is 0.327 e. The third-order valence-corrected chi connectivity index (χ3v) is 6.56. The summed E-state index contributed by atoms with van der Waals surface area (Å²) in [5, 5.41) is 12.7. The van der Waals surface area contributed by atoms with Crippen LogP contribution < -0.4 is 15.0 Å². The van der Waals surface area contributed by atoms with Gasteiger partial charge in [-0.15, -0.1) is 0 Å². The normalized spacial score (nSPS) is 25.3. The number of fused-ring (bicyclic) bond motifs is 3. The highest BCUT2D eigenvalue weighted by molar-refractivity contribution is 6.00. The number of hydrogen-bond donors (Lipinski definition) is 2. The molecule has 0 aromatic heterocycles. The first-order valence-electron chi connectivity index (χ1n) is 11.4. The van der Waals surface area contributed by atoms with Crippen LogP contribution in [0.2, 0.25) is 0 Å². The maximum Gasteiger partial charge on any atom is 0.327 e. The van der Waals surface area contributed by atoms with Crippen LogP contribution in [0, 0.1) is 0 Å². The van der Waals surface area contributed by atoms with Crippen LogP contribution in [0.4, 0.5) is 10.5 Å². The largest absolute Gasteiger partial charge is 0.457 e. The summed E-state index contributed by atoms with van der Waals surface area (Å²) in [6.07, 6.45) is 0.710. The summed E-state index contributed by atoms with van der Waals surface area (Å²) in [7, 11) is 1.73. The number of carbonyl (C=O) groups is 2. The second kappa shape index (κ2) is 9.01. The molecule has 174 valence electrons. The fraction of sp³-hybridized carbons (Fsp3) is 0.417. The molecule has 0 aliphatic carbocycles. The Morgan fingerprint density at radius 1 is 1.03 bits per heavy atom. The van der Waals surface area contributed by atoms with Gasteiger partial charge in [0.05, 0.1) is 0 Å². The fourth-order valence-corrected chi connectivity index (χ4v) is 4.95. The Morgan fingerprint density at radius 2 is 1.76 bits per heavy atom. The number of benzene rings is 2. The summed E-state index contributed by atoms with van der Waals surface area (Å²) in [5.74, 6) is 1.35. The number of aliphatic hydroxyl groups excluding tert-OH is 1. The Labute approximate surface area is 193 Å². The summed E-state index contributed by atoms with van der Waals surface area (Å²) in [6, 6.07) is 16.8. The standard InChI is InChI=1S/C24H29N5O4/c1-26-21-20(22(31)29(24(26)32)15-6-16-30)28-14-5-13-27(23(28)25-21)17-9-11-19(12-10-17)33-18-7-3-2-4-8-18/h2-4,7-12,20-21,23,25,30H,5-6,13-16H2,1H3. The van der Waals surface area contributed by atoms with Gasteiger partial charge in [-0.05, 0) is 49.2 Å². The van der Waals surface area contributed by atoms with Gasteiger partial charge in [-0.2, -0.15) is 0 Å². The molecule has 3 heterocycles. The van der Waals surface area contributed by atoms with E-state index >= 15 is 0 Å². The highest BCUT2D eigenvalue weighted by Crippen LogP contribution is 2.34. The Kier molecular flexibility index (Phi) is 5.92. The maximum atomic E-state index is 13.3. The van der Waals surface area contributed by atoms with E-state index in [1.54, 1.807) is 11.9 Å². The first kappa shape index (κ1) is 21.7. The first-order valence-corrected chi connectivity index (χ1v) is 11.4. The molecule has 33 heavy (non-hydrogen) atoms. The van der Waals surface area contributed by atoms with E-state index in [2.05, 4.69) is 15.1 Å². The second-order valence-electron chi connectivity index (χ2n) is 8.58. The highest BCUT2D eigenvalue weighted by Gasteiger charge is 2.55. The predicted octanol–water partition coefficient (Wildman–Crippen LogP) is 1.85. The van der Waals surface area contributed by atoms with Gasteiger partial charge in [0.1, 0.15) is 30.0 Å². The first-order chi connectivity index (χ1) is 16.1. The van der Waals surface area contributed by atoms with Crippen molar-refractivity contribution in [1.82, 2.24) is 20.0 Å². The molecule has 9 nitrogen and oxygen atoms in total. The van der Waals surface area contributed by atoms with Crippen LogP contribution >= 0.6 is 0 Å². The van der Waals surface area contributed by atoms with Crippen LogP contribution in [-0.4, -0.2) is 83.5 Å². The molecule has 3 aliphatic rings. The number of imide groups is 1. The average molecular weight is 452 g/mol. The summed E-state index contributed by atoms with van der Waals surface area (Å²) in [6.45, 7) is 1.78. The number of carbonyl (C=O) groups excluding carboxylic acids is 2. The molecule has 3 aliphatic heterocycles. The van der Waals surface area contributed by atoms with Crippen molar-refractivity contribution in [3.8, 4) is 11.5 Å². The number of likely N-dealkylation sites (N-methyl/N-ethyl adjacent to an activating group) is 1. The minimum atomic E-state index is -0.445. The van der Waals surface area contributed by atoms with Crippen molar-refractivity contribution >= 4 is 17.6 Å². The molecule has 3 saturated heterocycles. The maximum absolute atomic E-state index is 13.3. The number of anilines is 1. The molecule has 2 aromatic carbocycles. The lowest BCUT2D eigenvalue weighted by Crippen LogP contribution is -2.66. The zero-order chi connectivity index (χ0) is 22.9.